The van der Waals surface area contributed by atoms with E-state index in [0.29, 0.717) is 53.7 Å². The molecular weight excluding hydrogens is 553 g/mol. The number of nitrogens with one attached hydrogen (secondary N) is 2. The number of pyridine rings is 1. The molecule has 0 radical (unpaired) electrons. The summed E-state index contributed by atoms with van der Waals surface area (Å²) in [6.45, 7) is 9.28. The standard InChI is InChI=1S/C30H34FN9O3/c1-19-13-21(5-6-25(19)42-22-9-12-39-26(14-22)32-17-34-39)36-28-27-23(24(31)16-40(27)35-18-33-28)15-38-10-7-20(8-11-38)37-29(41)43-30(2,3)4/h5-6,9,12-14,16-18,20H,7-8,10-11,15H2,1-4H3,(H,37,41)(H,33,35,36). The second-order valence-electron chi connectivity index (χ2n) is 11.7. The van der Waals surface area contributed by atoms with Gasteiger partial charge in [0, 0.05) is 49.2 Å². The number of alkyl carbamates (subject to hydrolysis) is 1. The second-order valence-corrected chi connectivity index (χ2v) is 11.7. The molecule has 13 heteroatoms. The number of anilines is 2. The molecule has 5 aromatic rings. The zero-order valence-corrected chi connectivity index (χ0v) is 24.5. The molecule has 1 aromatic carbocycles. The van der Waals surface area contributed by atoms with Crippen molar-refractivity contribution in [2.45, 2.75) is 58.7 Å². The maximum absolute atomic E-state index is 15.2. The molecule has 2 N–H and O–H groups in total. The molecule has 1 aliphatic rings. The highest BCUT2D eigenvalue weighted by Gasteiger charge is 2.26. The third-order valence-corrected chi connectivity index (χ3v) is 7.23. The van der Waals surface area contributed by atoms with E-state index in [2.05, 4.69) is 35.7 Å². The first-order valence-corrected chi connectivity index (χ1v) is 14.2. The van der Waals surface area contributed by atoms with E-state index in [0.717, 1.165) is 24.1 Å². The smallest absolute Gasteiger partial charge is 0.407 e. The molecule has 1 saturated heterocycles. The van der Waals surface area contributed by atoms with Crippen LogP contribution in [-0.2, 0) is 11.3 Å². The minimum absolute atomic E-state index is 0.0167. The molecule has 0 bridgehead atoms. The summed E-state index contributed by atoms with van der Waals surface area (Å²) in [5, 5.41) is 14.6. The van der Waals surface area contributed by atoms with Gasteiger partial charge in [-0.05, 0) is 70.4 Å². The summed E-state index contributed by atoms with van der Waals surface area (Å²) in [5.74, 6) is 1.50. The van der Waals surface area contributed by atoms with Crippen molar-refractivity contribution in [2.24, 2.45) is 0 Å². The lowest BCUT2D eigenvalue weighted by Gasteiger charge is -2.32. The van der Waals surface area contributed by atoms with E-state index in [1.807, 2.05) is 58.0 Å². The van der Waals surface area contributed by atoms with Crippen molar-refractivity contribution in [3.05, 3.63) is 72.3 Å². The van der Waals surface area contributed by atoms with E-state index in [1.54, 1.807) is 10.7 Å². The predicted octanol–water partition coefficient (Wildman–Crippen LogP) is 5.24. The normalized spacial score (nSPS) is 14.7. The summed E-state index contributed by atoms with van der Waals surface area (Å²) in [7, 11) is 0. The van der Waals surface area contributed by atoms with Gasteiger partial charge in [0.15, 0.2) is 11.5 Å². The van der Waals surface area contributed by atoms with Gasteiger partial charge in [0.1, 0.15) is 41.1 Å². The number of ether oxygens (including phenoxy) is 2. The maximum Gasteiger partial charge on any atom is 0.407 e. The molecule has 0 aliphatic carbocycles. The molecule has 0 spiro atoms. The van der Waals surface area contributed by atoms with Crippen LogP contribution < -0.4 is 15.4 Å². The van der Waals surface area contributed by atoms with Crippen molar-refractivity contribution in [2.75, 3.05) is 18.4 Å². The summed E-state index contributed by atoms with van der Waals surface area (Å²) in [6.07, 6.45) is 7.14. The lowest BCUT2D eigenvalue weighted by Crippen LogP contribution is -2.45. The number of rotatable bonds is 7. The van der Waals surface area contributed by atoms with E-state index in [-0.39, 0.29) is 11.9 Å². The first kappa shape index (κ1) is 28.3. The van der Waals surface area contributed by atoms with Crippen LogP contribution in [0.5, 0.6) is 11.5 Å². The minimum Gasteiger partial charge on any atom is -0.457 e. The molecule has 12 nitrogen and oxygen atoms in total. The molecule has 1 aliphatic heterocycles. The fourth-order valence-corrected chi connectivity index (χ4v) is 5.18. The number of amides is 1. The summed E-state index contributed by atoms with van der Waals surface area (Å²) in [5.41, 5.74) is 2.92. The molecule has 6 rings (SSSR count). The molecule has 4 aromatic heterocycles. The van der Waals surface area contributed by atoms with Crippen molar-refractivity contribution in [3.63, 3.8) is 0 Å². The fourth-order valence-electron chi connectivity index (χ4n) is 5.18. The number of aryl methyl sites for hydroxylation is 1. The van der Waals surface area contributed by atoms with Crippen molar-refractivity contribution in [3.8, 4) is 11.5 Å². The predicted molar refractivity (Wildman–Crippen MR) is 158 cm³/mol. The monoisotopic (exact) mass is 587 g/mol. The van der Waals surface area contributed by atoms with E-state index >= 15 is 4.39 Å². The van der Waals surface area contributed by atoms with Gasteiger partial charge in [0.2, 0.25) is 0 Å². The van der Waals surface area contributed by atoms with Crippen LogP contribution in [0.1, 0.15) is 44.7 Å². The molecule has 224 valence electrons. The summed E-state index contributed by atoms with van der Waals surface area (Å²) in [6, 6.07) is 9.37. The lowest BCUT2D eigenvalue weighted by molar-refractivity contribution is 0.0477. The Bertz CT molecular complexity index is 1770. The Hall–Kier alpha value is -4.78. The molecule has 0 saturated carbocycles. The van der Waals surface area contributed by atoms with Crippen molar-refractivity contribution >= 4 is 28.8 Å². The molecule has 0 unspecified atom stereocenters. The number of benzene rings is 1. The number of halogens is 1. The maximum atomic E-state index is 15.2. The number of aromatic nitrogens is 6. The Morgan fingerprint density at radius 3 is 2.60 bits per heavy atom. The van der Waals surface area contributed by atoms with Crippen LogP contribution in [0.3, 0.4) is 0 Å². The average Bonchev–Trinajstić information content (AvgIpc) is 3.54. The van der Waals surface area contributed by atoms with Crippen molar-refractivity contribution in [1.82, 2.24) is 39.4 Å². The van der Waals surface area contributed by atoms with Crippen LogP contribution in [-0.4, -0.2) is 64.9 Å². The number of carbonyl (C=O) groups is 1. The number of nitrogens with zero attached hydrogens (tertiary/aromatic N) is 7. The third kappa shape index (κ3) is 6.51. The lowest BCUT2D eigenvalue weighted by atomic mass is 10.0. The van der Waals surface area contributed by atoms with Crippen LogP contribution in [0.2, 0.25) is 0 Å². The molecule has 1 amide bonds. The first-order chi connectivity index (χ1) is 20.6. The van der Waals surface area contributed by atoms with Gasteiger partial charge in [-0.1, -0.05) is 0 Å². The topological polar surface area (TPSA) is 123 Å². The SMILES string of the molecule is Cc1cc(Nc2ncnn3cc(F)c(CN4CCC(NC(=O)OC(C)(C)C)CC4)c23)ccc1Oc1ccn2ncnc2c1. The third-order valence-electron chi connectivity index (χ3n) is 7.23. The molecular formula is C30H34FN9O3. The zero-order chi connectivity index (χ0) is 30.1. The Kier molecular flexibility index (Phi) is 7.57. The van der Waals surface area contributed by atoms with Crippen LogP contribution >= 0.6 is 0 Å². The Morgan fingerprint density at radius 2 is 1.84 bits per heavy atom. The van der Waals surface area contributed by atoms with Crippen LogP contribution in [0.15, 0.2) is 55.4 Å². The number of hydrogen-bond acceptors (Lipinski definition) is 9. The Balaban J connectivity index is 1.14. The molecule has 1 fully saturated rings. The van der Waals surface area contributed by atoms with E-state index in [4.69, 9.17) is 9.47 Å². The fraction of sp³-hybridized carbons (Fsp3) is 0.367. The number of hydrogen-bond donors (Lipinski definition) is 2. The van der Waals surface area contributed by atoms with Crippen LogP contribution in [0.4, 0.5) is 20.7 Å². The highest BCUT2D eigenvalue weighted by Crippen LogP contribution is 2.31. The highest BCUT2D eigenvalue weighted by atomic mass is 19.1. The van der Waals surface area contributed by atoms with Gasteiger partial charge in [-0.25, -0.2) is 28.2 Å². The van der Waals surface area contributed by atoms with E-state index in [1.165, 1.54) is 23.4 Å². The summed E-state index contributed by atoms with van der Waals surface area (Å²) < 4.78 is 29.9. The summed E-state index contributed by atoms with van der Waals surface area (Å²) in [4.78, 5) is 23.0. The van der Waals surface area contributed by atoms with E-state index in [9.17, 15) is 4.79 Å². The van der Waals surface area contributed by atoms with Gasteiger partial charge in [-0.2, -0.15) is 10.2 Å². The number of carbonyl (C=O) groups excluding carboxylic acids is 1. The minimum atomic E-state index is -0.546. The zero-order valence-electron chi connectivity index (χ0n) is 24.5. The largest absolute Gasteiger partial charge is 0.457 e. The van der Waals surface area contributed by atoms with Crippen LogP contribution in [0, 0.1) is 12.7 Å². The Morgan fingerprint density at radius 1 is 1.07 bits per heavy atom. The molecule has 0 atom stereocenters. The second kappa shape index (κ2) is 11.5. The van der Waals surface area contributed by atoms with Gasteiger partial charge in [0.05, 0.1) is 6.20 Å². The average molecular weight is 588 g/mol. The highest BCUT2D eigenvalue weighted by molar-refractivity contribution is 5.77. The quantitative estimate of drug-likeness (QED) is 0.263. The first-order valence-electron chi connectivity index (χ1n) is 14.2. The van der Waals surface area contributed by atoms with Gasteiger partial charge in [-0.3, -0.25) is 4.90 Å². The van der Waals surface area contributed by atoms with Gasteiger partial charge in [-0.15, -0.1) is 0 Å². The van der Waals surface area contributed by atoms with Gasteiger partial charge in [0.25, 0.3) is 0 Å². The number of piperidine rings is 1. The summed E-state index contributed by atoms with van der Waals surface area (Å²) >= 11 is 0. The van der Waals surface area contributed by atoms with Gasteiger partial charge >= 0.3 is 6.09 Å². The van der Waals surface area contributed by atoms with Crippen molar-refractivity contribution in [1.29, 1.82) is 0 Å². The van der Waals surface area contributed by atoms with E-state index < -0.39 is 11.7 Å². The number of fused-ring (bicyclic) bond motifs is 2. The van der Waals surface area contributed by atoms with Crippen LogP contribution in [0.25, 0.3) is 11.2 Å². The van der Waals surface area contributed by atoms with Crippen molar-refractivity contribution < 1.29 is 18.7 Å². The molecule has 5 heterocycles. The Labute approximate surface area is 247 Å². The van der Waals surface area contributed by atoms with Gasteiger partial charge < -0.3 is 20.1 Å². The molecule has 43 heavy (non-hydrogen) atoms. The number of likely N-dealkylation sites (tertiary alicyclic amines) is 1.